The predicted molar refractivity (Wildman–Crippen MR) is 97.8 cm³/mol. The fourth-order valence-corrected chi connectivity index (χ4v) is 4.27. The number of nitrogens with zero attached hydrogens (tertiary/aromatic N) is 1. The van der Waals surface area contributed by atoms with Gasteiger partial charge in [-0.25, -0.2) is 21.9 Å². The van der Waals surface area contributed by atoms with Crippen molar-refractivity contribution in [2.75, 3.05) is 24.5 Å². The van der Waals surface area contributed by atoms with Gasteiger partial charge < -0.3 is 4.90 Å². The number of benzene rings is 2. The summed E-state index contributed by atoms with van der Waals surface area (Å²) in [7, 11) is -4.06. The van der Waals surface area contributed by atoms with E-state index in [1.807, 2.05) is 12.1 Å². The molecule has 26 heavy (non-hydrogen) atoms. The van der Waals surface area contributed by atoms with E-state index in [0.717, 1.165) is 30.8 Å². The predicted octanol–water partition coefficient (Wildman–Crippen LogP) is 3.48. The van der Waals surface area contributed by atoms with Crippen molar-refractivity contribution in [3.05, 3.63) is 59.7 Å². The molecular formula is C19H22F2N2O2S. The number of aryl methyl sites for hydroxylation is 1. The topological polar surface area (TPSA) is 49.4 Å². The van der Waals surface area contributed by atoms with Crippen molar-refractivity contribution in [3.8, 4) is 0 Å². The second kappa shape index (κ2) is 8.14. The third-order valence-corrected chi connectivity index (χ3v) is 6.00. The molecule has 1 saturated heterocycles. The van der Waals surface area contributed by atoms with Crippen molar-refractivity contribution >= 4 is 15.7 Å². The molecule has 1 fully saturated rings. The third kappa shape index (κ3) is 4.59. The lowest BCUT2D eigenvalue weighted by Gasteiger charge is -2.17. The lowest BCUT2D eigenvalue weighted by molar-refractivity contribution is 0.544. The molecule has 2 aromatic carbocycles. The van der Waals surface area contributed by atoms with Gasteiger partial charge in [0.1, 0.15) is 16.5 Å². The van der Waals surface area contributed by atoms with Gasteiger partial charge in [0.05, 0.1) is 0 Å². The summed E-state index contributed by atoms with van der Waals surface area (Å²) in [4.78, 5) is 1.69. The smallest absolute Gasteiger partial charge is 0.243 e. The Balaban J connectivity index is 1.51. The number of hydrogen-bond acceptors (Lipinski definition) is 3. The first-order valence-electron chi connectivity index (χ1n) is 8.74. The fourth-order valence-electron chi connectivity index (χ4n) is 3.11. The molecule has 0 unspecified atom stereocenters. The minimum absolute atomic E-state index is 0.159. The summed E-state index contributed by atoms with van der Waals surface area (Å²) in [5.74, 6) is -1.75. The summed E-state index contributed by atoms with van der Waals surface area (Å²) in [6.45, 7) is 2.35. The molecule has 0 saturated carbocycles. The van der Waals surface area contributed by atoms with Crippen LogP contribution in [0.15, 0.2) is 47.4 Å². The number of rotatable bonds is 7. The molecule has 0 atom stereocenters. The normalized spacial score (nSPS) is 14.8. The van der Waals surface area contributed by atoms with Crippen molar-refractivity contribution in [1.82, 2.24) is 4.72 Å². The highest BCUT2D eigenvalue weighted by Crippen LogP contribution is 2.21. The van der Waals surface area contributed by atoms with E-state index in [1.54, 1.807) is 0 Å². The van der Waals surface area contributed by atoms with Crippen LogP contribution in [0, 0.1) is 11.6 Å². The maximum absolute atomic E-state index is 13.6. The van der Waals surface area contributed by atoms with E-state index >= 15 is 0 Å². The molecule has 0 bridgehead atoms. The Morgan fingerprint density at radius 3 is 2.38 bits per heavy atom. The Labute approximate surface area is 152 Å². The van der Waals surface area contributed by atoms with Gasteiger partial charge >= 0.3 is 0 Å². The quantitative estimate of drug-likeness (QED) is 0.749. The van der Waals surface area contributed by atoms with Gasteiger partial charge in [0.2, 0.25) is 10.0 Å². The zero-order chi connectivity index (χ0) is 18.6. The van der Waals surface area contributed by atoms with E-state index in [-0.39, 0.29) is 6.54 Å². The third-order valence-electron chi connectivity index (χ3n) is 4.52. The second-order valence-electron chi connectivity index (χ2n) is 6.44. The first-order valence-corrected chi connectivity index (χ1v) is 10.2. The SMILES string of the molecule is O=S(=O)(NCCCc1ccc(N2CCCC2)cc1)c1cc(F)ccc1F. The van der Waals surface area contributed by atoms with Crippen LogP contribution in [0.3, 0.4) is 0 Å². The van der Waals surface area contributed by atoms with E-state index in [2.05, 4.69) is 21.8 Å². The van der Waals surface area contributed by atoms with Crippen LogP contribution < -0.4 is 9.62 Å². The molecule has 0 amide bonds. The average molecular weight is 380 g/mol. The first kappa shape index (κ1) is 18.8. The minimum Gasteiger partial charge on any atom is -0.372 e. The fraction of sp³-hybridized carbons (Fsp3) is 0.368. The molecule has 1 aliphatic rings. The summed E-state index contributed by atoms with van der Waals surface area (Å²) >= 11 is 0. The van der Waals surface area contributed by atoms with Gasteiger partial charge in [0, 0.05) is 25.3 Å². The molecule has 7 heteroatoms. The van der Waals surface area contributed by atoms with E-state index in [1.165, 1.54) is 18.5 Å². The van der Waals surface area contributed by atoms with Crippen LogP contribution in [0.2, 0.25) is 0 Å². The van der Waals surface area contributed by atoms with Gasteiger partial charge in [-0.05, 0) is 61.6 Å². The molecule has 0 aliphatic carbocycles. The van der Waals surface area contributed by atoms with Crippen molar-refractivity contribution in [1.29, 1.82) is 0 Å². The van der Waals surface area contributed by atoms with Crippen LogP contribution in [0.5, 0.6) is 0 Å². The monoisotopic (exact) mass is 380 g/mol. The first-order chi connectivity index (χ1) is 12.5. The van der Waals surface area contributed by atoms with E-state index in [4.69, 9.17) is 0 Å². The molecular weight excluding hydrogens is 358 g/mol. The summed E-state index contributed by atoms with van der Waals surface area (Å²) in [5.41, 5.74) is 2.33. The van der Waals surface area contributed by atoms with Crippen LogP contribution in [-0.4, -0.2) is 28.1 Å². The molecule has 140 valence electrons. The maximum atomic E-state index is 13.6. The Kier molecular flexibility index (Phi) is 5.88. The molecule has 0 radical (unpaired) electrons. The zero-order valence-corrected chi connectivity index (χ0v) is 15.2. The molecule has 1 aliphatic heterocycles. The van der Waals surface area contributed by atoms with Gasteiger partial charge in [-0.1, -0.05) is 12.1 Å². The van der Waals surface area contributed by atoms with Crippen molar-refractivity contribution in [2.24, 2.45) is 0 Å². The lowest BCUT2D eigenvalue weighted by Crippen LogP contribution is -2.26. The van der Waals surface area contributed by atoms with E-state index < -0.39 is 26.6 Å². The van der Waals surface area contributed by atoms with E-state index in [0.29, 0.717) is 18.9 Å². The van der Waals surface area contributed by atoms with Crippen LogP contribution >= 0.6 is 0 Å². The lowest BCUT2D eigenvalue weighted by atomic mass is 10.1. The summed E-state index contributed by atoms with van der Waals surface area (Å²) in [5, 5.41) is 0. The van der Waals surface area contributed by atoms with Gasteiger partial charge in [0.15, 0.2) is 0 Å². The Morgan fingerprint density at radius 2 is 1.69 bits per heavy atom. The Hall–Kier alpha value is -1.99. The Morgan fingerprint density at radius 1 is 1.00 bits per heavy atom. The molecule has 3 rings (SSSR count). The number of hydrogen-bond donors (Lipinski definition) is 1. The highest BCUT2D eigenvalue weighted by Gasteiger charge is 2.19. The van der Waals surface area contributed by atoms with E-state index in [9.17, 15) is 17.2 Å². The van der Waals surface area contributed by atoms with Crippen molar-refractivity contribution < 1.29 is 17.2 Å². The number of anilines is 1. The molecule has 4 nitrogen and oxygen atoms in total. The van der Waals surface area contributed by atoms with Gasteiger partial charge in [0.25, 0.3) is 0 Å². The zero-order valence-electron chi connectivity index (χ0n) is 14.4. The highest BCUT2D eigenvalue weighted by atomic mass is 32.2. The van der Waals surface area contributed by atoms with Crippen molar-refractivity contribution in [3.63, 3.8) is 0 Å². The molecule has 1 heterocycles. The molecule has 0 spiro atoms. The van der Waals surface area contributed by atoms with Crippen LogP contribution in [0.25, 0.3) is 0 Å². The van der Waals surface area contributed by atoms with Crippen LogP contribution in [0.1, 0.15) is 24.8 Å². The molecule has 0 aromatic heterocycles. The largest absolute Gasteiger partial charge is 0.372 e. The van der Waals surface area contributed by atoms with Crippen LogP contribution in [0.4, 0.5) is 14.5 Å². The standard InChI is InChI=1S/C19H22F2N2O2S/c20-16-7-10-18(21)19(14-16)26(24,25)22-11-3-4-15-5-8-17(9-6-15)23-12-1-2-13-23/h5-10,14,22H,1-4,11-13H2. The Bertz CT molecular complexity index is 848. The van der Waals surface area contributed by atoms with Gasteiger partial charge in [-0.15, -0.1) is 0 Å². The number of nitrogens with one attached hydrogen (secondary N) is 1. The average Bonchev–Trinajstić information content (AvgIpc) is 3.16. The van der Waals surface area contributed by atoms with Gasteiger partial charge in [-0.2, -0.15) is 0 Å². The van der Waals surface area contributed by atoms with Crippen molar-refractivity contribution in [2.45, 2.75) is 30.6 Å². The summed E-state index contributed by atoms with van der Waals surface area (Å²) in [6.07, 6.45) is 3.73. The maximum Gasteiger partial charge on any atom is 0.243 e. The van der Waals surface area contributed by atoms with Gasteiger partial charge in [-0.3, -0.25) is 0 Å². The molecule has 2 aromatic rings. The second-order valence-corrected chi connectivity index (χ2v) is 8.17. The van der Waals surface area contributed by atoms with Crippen LogP contribution in [-0.2, 0) is 16.4 Å². The minimum atomic E-state index is -4.06. The number of sulfonamides is 1. The summed E-state index contributed by atoms with van der Waals surface area (Å²) in [6, 6.07) is 10.7. The summed E-state index contributed by atoms with van der Waals surface area (Å²) < 4.78 is 53.3. The highest BCUT2D eigenvalue weighted by molar-refractivity contribution is 7.89. The molecule has 1 N–H and O–H groups in total. The number of halogens is 2.